The summed E-state index contributed by atoms with van der Waals surface area (Å²) in [5, 5.41) is 0. The molecule has 6 rings (SSSR count). The average molecular weight is 314 g/mol. The maximum atomic E-state index is 12.8. The molecule has 0 unspecified atom stereocenters. The van der Waals surface area contributed by atoms with Crippen LogP contribution in [0.2, 0.25) is 0 Å². The van der Waals surface area contributed by atoms with Crippen LogP contribution >= 0.6 is 0 Å². The molecule has 23 heavy (non-hydrogen) atoms. The summed E-state index contributed by atoms with van der Waals surface area (Å²) in [5.41, 5.74) is 0.881. The summed E-state index contributed by atoms with van der Waals surface area (Å²) in [7, 11) is 0. The summed E-state index contributed by atoms with van der Waals surface area (Å²) in [6.07, 6.45) is 7.33. The summed E-state index contributed by atoms with van der Waals surface area (Å²) in [6, 6.07) is 1.76. The van der Waals surface area contributed by atoms with Gasteiger partial charge in [-0.05, 0) is 50.6 Å². The molecule has 5 nitrogen and oxygen atoms in total. The second-order valence-electron chi connectivity index (χ2n) is 7.38. The number of ether oxygens (including phenoxy) is 2. The molecule has 0 amide bonds. The average Bonchev–Trinajstić information content (AvgIpc) is 3.39. The van der Waals surface area contributed by atoms with Gasteiger partial charge in [0.05, 0.1) is 6.20 Å². The lowest BCUT2D eigenvalue weighted by molar-refractivity contribution is -0.0274. The smallest absolute Gasteiger partial charge is 0.181 e. The van der Waals surface area contributed by atoms with E-state index in [4.69, 9.17) is 9.47 Å². The monoisotopic (exact) mass is 314 g/mol. The van der Waals surface area contributed by atoms with Gasteiger partial charge in [0, 0.05) is 18.0 Å². The first-order chi connectivity index (χ1) is 11.3. The van der Waals surface area contributed by atoms with Gasteiger partial charge in [-0.2, -0.15) is 0 Å². The summed E-state index contributed by atoms with van der Waals surface area (Å²) in [6.45, 7) is 3.55. The minimum Gasteiger partial charge on any atom is -0.486 e. The van der Waals surface area contributed by atoms with Crippen LogP contribution in [-0.2, 0) is 0 Å². The summed E-state index contributed by atoms with van der Waals surface area (Å²) < 4.78 is 11.1. The lowest BCUT2D eigenvalue weighted by atomic mass is 9.69. The van der Waals surface area contributed by atoms with Crippen LogP contribution < -0.4 is 9.47 Å². The fourth-order valence-corrected chi connectivity index (χ4v) is 5.00. The van der Waals surface area contributed by atoms with Gasteiger partial charge in [-0.25, -0.2) is 4.98 Å². The molecule has 1 saturated carbocycles. The minimum atomic E-state index is 0.159. The van der Waals surface area contributed by atoms with Gasteiger partial charge in [-0.1, -0.05) is 0 Å². The van der Waals surface area contributed by atoms with Crippen molar-refractivity contribution in [3.8, 4) is 11.5 Å². The Kier molecular flexibility index (Phi) is 2.96. The third kappa shape index (κ3) is 2.09. The predicted octanol–water partition coefficient (Wildman–Crippen LogP) is 2.30. The Balaban J connectivity index is 1.37. The number of pyridine rings is 1. The molecule has 2 bridgehead atoms. The summed E-state index contributed by atoms with van der Waals surface area (Å²) in [5.74, 6) is 2.71. The molecule has 1 atom stereocenters. The van der Waals surface area contributed by atoms with Gasteiger partial charge in [-0.3, -0.25) is 9.69 Å². The van der Waals surface area contributed by atoms with Crippen molar-refractivity contribution >= 4 is 5.78 Å². The van der Waals surface area contributed by atoms with Gasteiger partial charge < -0.3 is 9.47 Å². The highest BCUT2D eigenvalue weighted by Crippen LogP contribution is 2.58. The highest BCUT2D eigenvalue weighted by Gasteiger charge is 2.60. The molecular formula is C18H22N2O3. The van der Waals surface area contributed by atoms with Crippen LogP contribution in [0.15, 0.2) is 12.3 Å². The van der Waals surface area contributed by atoms with E-state index in [2.05, 4.69) is 9.88 Å². The predicted molar refractivity (Wildman–Crippen MR) is 83.9 cm³/mol. The van der Waals surface area contributed by atoms with Crippen LogP contribution in [0.25, 0.3) is 0 Å². The first-order valence-corrected chi connectivity index (χ1v) is 8.80. The number of carbonyl (C=O) groups is 1. The van der Waals surface area contributed by atoms with E-state index in [1.54, 1.807) is 12.3 Å². The van der Waals surface area contributed by atoms with Crippen molar-refractivity contribution in [1.82, 2.24) is 9.88 Å². The van der Waals surface area contributed by atoms with Crippen molar-refractivity contribution in [2.24, 2.45) is 11.8 Å². The molecule has 1 aromatic rings. The van der Waals surface area contributed by atoms with Crippen molar-refractivity contribution in [3.63, 3.8) is 0 Å². The Morgan fingerprint density at radius 3 is 2.70 bits per heavy atom. The van der Waals surface area contributed by atoms with Crippen molar-refractivity contribution in [2.45, 2.75) is 37.6 Å². The number of rotatable bonds is 3. The fraction of sp³-hybridized carbons (Fsp3) is 0.667. The number of ketones is 1. The molecule has 5 aliphatic rings. The van der Waals surface area contributed by atoms with Gasteiger partial charge >= 0.3 is 0 Å². The van der Waals surface area contributed by atoms with Crippen LogP contribution in [0, 0.1) is 11.8 Å². The third-order valence-electron chi connectivity index (χ3n) is 6.31. The Morgan fingerprint density at radius 2 is 1.96 bits per heavy atom. The quantitative estimate of drug-likeness (QED) is 0.801. The van der Waals surface area contributed by atoms with Crippen LogP contribution in [-0.4, -0.2) is 47.5 Å². The van der Waals surface area contributed by atoms with Crippen LogP contribution in [0.1, 0.15) is 42.6 Å². The largest absolute Gasteiger partial charge is 0.486 e. The molecule has 5 heteroatoms. The van der Waals surface area contributed by atoms with Crippen molar-refractivity contribution < 1.29 is 14.3 Å². The highest BCUT2D eigenvalue weighted by atomic mass is 16.6. The van der Waals surface area contributed by atoms with Crippen molar-refractivity contribution in [1.29, 1.82) is 0 Å². The van der Waals surface area contributed by atoms with Gasteiger partial charge in [0.1, 0.15) is 18.9 Å². The normalized spacial score (nSPS) is 32.8. The fourth-order valence-electron chi connectivity index (χ4n) is 5.00. The lowest BCUT2D eigenvalue weighted by Crippen LogP contribution is -2.57. The van der Waals surface area contributed by atoms with Crippen LogP contribution in [0.3, 0.4) is 0 Å². The molecule has 4 fully saturated rings. The minimum absolute atomic E-state index is 0.159. The number of hydrogen-bond acceptors (Lipinski definition) is 5. The molecule has 0 aromatic carbocycles. The number of fused-ring (bicyclic) bond motifs is 3. The van der Waals surface area contributed by atoms with E-state index in [1.807, 2.05) is 0 Å². The van der Waals surface area contributed by atoms with Gasteiger partial charge in [0.15, 0.2) is 17.3 Å². The zero-order valence-electron chi connectivity index (χ0n) is 13.3. The number of carbonyl (C=O) groups excluding carboxylic acids is 1. The Hall–Kier alpha value is -1.62. The molecule has 0 N–H and O–H groups in total. The van der Waals surface area contributed by atoms with Gasteiger partial charge in [0.25, 0.3) is 0 Å². The Morgan fingerprint density at radius 1 is 1.22 bits per heavy atom. The van der Waals surface area contributed by atoms with E-state index in [9.17, 15) is 4.79 Å². The van der Waals surface area contributed by atoms with E-state index in [0.29, 0.717) is 48.3 Å². The van der Waals surface area contributed by atoms with Gasteiger partial charge in [0.2, 0.25) is 0 Å². The molecular weight excluding hydrogens is 292 g/mol. The summed E-state index contributed by atoms with van der Waals surface area (Å²) in [4.78, 5) is 19.8. The maximum Gasteiger partial charge on any atom is 0.181 e. The SMILES string of the molecule is O=C(C[C@H]1C2CCN(CC2)C12CC2)c1cc2c(cn1)OCCO2. The lowest BCUT2D eigenvalue weighted by Gasteiger charge is -2.52. The first-order valence-electron chi connectivity index (χ1n) is 8.80. The number of aromatic nitrogens is 1. The topological polar surface area (TPSA) is 51.7 Å². The maximum absolute atomic E-state index is 12.8. The molecule has 5 heterocycles. The van der Waals surface area contributed by atoms with E-state index >= 15 is 0 Å². The second kappa shape index (κ2) is 4.94. The summed E-state index contributed by atoms with van der Waals surface area (Å²) >= 11 is 0. The standard InChI is InChI=1S/C18H22N2O3/c21-15(14-10-16-17(11-19-14)23-8-7-22-16)9-13-12-1-5-20(6-2-12)18(13)3-4-18/h10-13H,1-9H2/t13-/m0/s1. The van der Waals surface area contributed by atoms with E-state index < -0.39 is 0 Å². The molecule has 0 radical (unpaired) electrons. The first kappa shape index (κ1) is 13.8. The highest BCUT2D eigenvalue weighted by molar-refractivity contribution is 5.95. The van der Waals surface area contributed by atoms with Crippen LogP contribution in [0.4, 0.5) is 0 Å². The number of Topliss-reactive ketones (excluding diaryl/α,β-unsaturated/α-hetero) is 1. The number of nitrogens with zero attached hydrogens (tertiary/aromatic N) is 2. The van der Waals surface area contributed by atoms with E-state index in [-0.39, 0.29) is 5.78 Å². The van der Waals surface area contributed by atoms with Gasteiger partial charge in [-0.15, -0.1) is 0 Å². The third-order valence-corrected chi connectivity index (χ3v) is 6.31. The Bertz CT molecular complexity index is 648. The molecule has 1 aliphatic carbocycles. The molecule has 1 spiro atoms. The Labute approximate surface area is 136 Å². The number of hydrogen-bond donors (Lipinski definition) is 0. The van der Waals surface area contributed by atoms with Crippen LogP contribution in [0.5, 0.6) is 11.5 Å². The second-order valence-corrected chi connectivity index (χ2v) is 7.38. The van der Waals surface area contributed by atoms with Crippen molar-refractivity contribution in [2.75, 3.05) is 26.3 Å². The molecule has 1 aromatic heterocycles. The molecule has 4 aliphatic heterocycles. The number of piperidine rings is 3. The van der Waals surface area contributed by atoms with E-state index in [1.165, 1.54) is 38.8 Å². The zero-order valence-corrected chi connectivity index (χ0v) is 13.3. The van der Waals surface area contributed by atoms with E-state index in [0.717, 1.165) is 5.92 Å². The van der Waals surface area contributed by atoms with Crippen molar-refractivity contribution in [3.05, 3.63) is 18.0 Å². The molecule has 122 valence electrons. The molecule has 3 saturated heterocycles. The zero-order chi connectivity index (χ0) is 15.4.